The fraction of sp³-hybridized carbons (Fsp3) is 0.182. The van der Waals surface area contributed by atoms with Crippen LogP contribution >= 0.6 is 11.5 Å². The number of carbonyl (C=O) groups is 1. The molecule has 19 heavy (non-hydrogen) atoms. The van der Waals surface area contributed by atoms with E-state index in [0.717, 1.165) is 11.5 Å². The first-order valence-electron chi connectivity index (χ1n) is 5.49. The first-order chi connectivity index (χ1) is 9.20. The molecule has 0 unspecified atom stereocenters. The van der Waals surface area contributed by atoms with E-state index in [1.54, 1.807) is 25.1 Å². The highest BCUT2D eigenvalue weighted by molar-refractivity contribution is 7.09. The minimum absolute atomic E-state index is 0.203. The van der Waals surface area contributed by atoms with Gasteiger partial charge in [0.1, 0.15) is 5.82 Å². The second-order valence-corrected chi connectivity index (χ2v) is 4.55. The molecule has 2 aromatic rings. The molecule has 0 spiro atoms. The molecule has 1 aromatic heterocycles. The second kappa shape index (κ2) is 4.73. The van der Waals surface area contributed by atoms with E-state index in [1.807, 2.05) is 0 Å². The number of hydrogen-bond acceptors (Lipinski definition) is 6. The molecule has 3 rings (SSSR count). The number of nitrogens with zero attached hydrogens (tertiary/aromatic N) is 2. The summed E-state index contributed by atoms with van der Waals surface area (Å²) in [5.74, 6) is 1.92. The zero-order valence-corrected chi connectivity index (χ0v) is 10.8. The third kappa shape index (κ3) is 2.58. The van der Waals surface area contributed by atoms with Gasteiger partial charge in [-0.05, 0) is 19.1 Å². The first kappa shape index (κ1) is 11.7. The third-order valence-electron chi connectivity index (χ3n) is 2.38. The van der Waals surface area contributed by atoms with Crippen molar-refractivity contribution in [2.75, 3.05) is 17.4 Å². The van der Waals surface area contributed by atoms with Crippen LogP contribution in [0.4, 0.5) is 15.6 Å². The van der Waals surface area contributed by atoms with E-state index in [4.69, 9.17) is 9.47 Å². The van der Waals surface area contributed by atoms with Gasteiger partial charge in [-0.15, -0.1) is 0 Å². The molecular formula is C11H10N4O3S. The van der Waals surface area contributed by atoms with Crippen LogP contribution in [0.15, 0.2) is 18.2 Å². The molecule has 1 aromatic carbocycles. The molecule has 0 fully saturated rings. The van der Waals surface area contributed by atoms with Crippen molar-refractivity contribution in [2.24, 2.45) is 0 Å². The first-order valence-corrected chi connectivity index (χ1v) is 6.26. The van der Waals surface area contributed by atoms with Crippen molar-refractivity contribution in [3.05, 3.63) is 24.0 Å². The summed E-state index contributed by atoms with van der Waals surface area (Å²) in [4.78, 5) is 15.8. The van der Waals surface area contributed by atoms with Crippen LogP contribution in [-0.2, 0) is 0 Å². The number of aryl methyl sites for hydroxylation is 1. The molecule has 0 radical (unpaired) electrons. The summed E-state index contributed by atoms with van der Waals surface area (Å²) in [6.07, 6.45) is 0. The molecule has 2 heterocycles. The lowest BCUT2D eigenvalue weighted by atomic mass is 10.3. The lowest BCUT2D eigenvalue weighted by Crippen LogP contribution is -2.19. The van der Waals surface area contributed by atoms with E-state index >= 15 is 0 Å². The molecule has 2 amide bonds. The minimum Gasteiger partial charge on any atom is -0.454 e. The van der Waals surface area contributed by atoms with Crippen molar-refractivity contribution in [1.29, 1.82) is 0 Å². The maximum Gasteiger partial charge on any atom is 0.325 e. The van der Waals surface area contributed by atoms with E-state index < -0.39 is 0 Å². The zero-order valence-electron chi connectivity index (χ0n) is 9.97. The van der Waals surface area contributed by atoms with Crippen LogP contribution in [0.3, 0.4) is 0 Å². The molecule has 0 bridgehead atoms. The fourth-order valence-electron chi connectivity index (χ4n) is 1.58. The summed E-state index contributed by atoms with van der Waals surface area (Å²) in [7, 11) is 0. The average Bonchev–Trinajstić information content (AvgIpc) is 2.97. The van der Waals surface area contributed by atoms with Crippen molar-refractivity contribution >= 4 is 28.4 Å². The van der Waals surface area contributed by atoms with E-state index in [9.17, 15) is 4.79 Å². The van der Waals surface area contributed by atoms with Gasteiger partial charge in [-0.25, -0.2) is 9.78 Å². The summed E-state index contributed by atoms with van der Waals surface area (Å²) < 4.78 is 14.4. The number of fused-ring (bicyclic) bond motifs is 1. The number of aromatic nitrogens is 2. The fourth-order valence-corrected chi connectivity index (χ4v) is 2.15. The van der Waals surface area contributed by atoms with Crippen molar-refractivity contribution in [3.63, 3.8) is 0 Å². The van der Waals surface area contributed by atoms with Crippen LogP contribution in [0, 0.1) is 6.92 Å². The summed E-state index contributed by atoms with van der Waals surface area (Å²) in [6, 6.07) is 4.80. The molecule has 1 aliphatic rings. The Hall–Kier alpha value is -2.35. The normalized spacial score (nSPS) is 12.3. The predicted octanol–water partition coefficient (Wildman–Crippen LogP) is 2.22. The van der Waals surface area contributed by atoms with Gasteiger partial charge in [-0.1, -0.05) is 0 Å². The Morgan fingerprint density at radius 3 is 2.95 bits per heavy atom. The van der Waals surface area contributed by atoms with Gasteiger partial charge >= 0.3 is 6.03 Å². The summed E-state index contributed by atoms with van der Waals surface area (Å²) >= 11 is 1.13. The molecule has 7 nitrogen and oxygen atoms in total. The molecule has 0 saturated carbocycles. The van der Waals surface area contributed by atoms with E-state index in [-0.39, 0.29) is 12.8 Å². The Labute approximate surface area is 112 Å². The van der Waals surface area contributed by atoms with Gasteiger partial charge < -0.3 is 14.8 Å². The van der Waals surface area contributed by atoms with E-state index in [0.29, 0.717) is 28.1 Å². The monoisotopic (exact) mass is 278 g/mol. The van der Waals surface area contributed by atoms with E-state index in [1.165, 1.54) is 0 Å². The number of urea groups is 1. The Kier molecular flexibility index (Phi) is 2.92. The molecule has 1 aliphatic heterocycles. The van der Waals surface area contributed by atoms with Gasteiger partial charge in [0.15, 0.2) is 11.5 Å². The topological polar surface area (TPSA) is 85.4 Å². The molecule has 8 heteroatoms. The summed E-state index contributed by atoms with van der Waals surface area (Å²) in [5.41, 5.74) is 0.614. The number of rotatable bonds is 2. The van der Waals surface area contributed by atoms with Crippen LogP contribution in [0.2, 0.25) is 0 Å². The smallest absolute Gasteiger partial charge is 0.325 e. The number of nitrogens with one attached hydrogen (secondary N) is 2. The van der Waals surface area contributed by atoms with Crippen molar-refractivity contribution < 1.29 is 14.3 Å². The van der Waals surface area contributed by atoms with Gasteiger partial charge in [0.25, 0.3) is 0 Å². The van der Waals surface area contributed by atoms with Crippen molar-refractivity contribution in [2.45, 2.75) is 6.92 Å². The van der Waals surface area contributed by atoms with Crippen molar-refractivity contribution in [3.8, 4) is 11.5 Å². The molecule has 2 N–H and O–H groups in total. The van der Waals surface area contributed by atoms with Gasteiger partial charge in [0, 0.05) is 23.3 Å². The standard InChI is InChI=1S/C11H10N4O3S/c1-6-12-11(19-15-6)14-10(16)13-7-2-3-8-9(4-7)18-5-17-8/h2-4H,5H2,1H3,(H2,12,13,14,15,16). The highest BCUT2D eigenvalue weighted by atomic mass is 32.1. The molecule has 0 aliphatic carbocycles. The lowest BCUT2D eigenvalue weighted by molar-refractivity contribution is 0.174. The number of ether oxygens (including phenoxy) is 2. The zero-order chi connectivity index (χ0) is 13.2. The van der Waals surface area contributed by atoms with Crippen LogP contribution in [0.1, 0.15) is 5.82 Å². The Morgan fingerprint density at radius 2 is 2.16 bits per heavy atom. The number of anilines is 2. The van der Waals surface area contributed by atoms with Gasteiger partial charge in [-0.2, -0.15) is 4.37 Å². The lowest BCUT2D eigenvalue weighted by Gasteiger charge is -2.05. The minimum atomic E-state index is -0.380. The van der Waals surface area contributed by atoms with Gasteiger partial charge in [-0.3, -0.25) is 5.32 Å². The molecule has 0 saturated heterocycles. The molecule has 98 valence electrons. The highest BCUT2D eigenvalue weighted by Gasteiger charge is 2.14. The average molecular weight is 278 g/mol. The molecular weight excluding hydrogens is 268 g/mol. The summed E-state index contributed by atoms with van der Waals surface area (Å²) in [5, 5.41) is 5.74. The summed E-state index contributed by atoms with van der Waals surface area (Å²) in [6.45, 7) is 1.96. The maximum absolute atomic E-state index is 11.7. The second-order valence-electron chi connectivity index (χ2n) is 3.79. The number of hydrogen-bond donors (Lipinski definition) is 2. The Bertz CT molecular complexity index is 628. The van der Waals surface area contributed by atoms with Crippen LogP contribution in [0.25, 0.3) is 0 Å². The number of amides is 2. The van der Waals surface area contributed by atoms with Crippen molar-refractivity contribution in [1.82, 2.24) is 9.36 Å². The Balaban J connectivity index is 1.66. The van der Waals surface area contributed by atoms with E-state index in [2.05, 4.69) is 20.0 Å². The van der Waals surface area contributed by atoms with Crippen LogP contribution in [0.5, 0.6) is 11.5 Å². The SMILES string of the molecule is Cc1nsc(NC(=O)Nc2ccc3c(c2)OCO3)n1. The van der Waals surface area contributed by atoms with Crippen LogP contribution in [-0.4, -0.2) is 22.2 Å². The number of benzene rings is 1. The Morgan fingerprint density at radius 1 is 1.32 bits per heavy atom. The maximum atomic E-state index is 11.7. The van der Waals surface area contributed by atoms with Crippen LogP contribution < -0.4 is 20.1 Å². The van der Waals surface area contributed by atoms with Gasteiger partial charge in [0.2, 0.25) is 11.9 Å². The number of carbonyl (C=O) groups excluding carboxylic acids is 1. The van der Waals surface area contributed by atoms with Gasteiger partial charge in [0.05, 0.1) is 0 Å². The predicted molar refractivity (Wildman–Crippen MR) is 69.9 cm³/mol. The quantitative estimate of drug-likeness (QED) is 0.879. The third-order valence-corrected chi connectivity index (χ3v) is 3.10. The largest absolute Gasteiger partial charge is 0.454 e. The molecule has 0 atom stereocenters. The highest BCUT2D eigenvalue weighted by Crippen LogP contribution is 2.34.